The van der Waals surface area contributed by atoms with Gasteiger partial charge in [0.1, 0.15) is 11.2 Å². The minimum Gasteiger partial charge on any atom is -0.309 e. The number of benzene rings is 5. The summed E-state index contributed by atoms with van der Waals surface area (Å²) in [7, 11) is 0. The molecule has 182 valence electrons. The number of hydrogen-bond acceptors (Lipinski definition) is 4. The third-order valence-corrected chi connectivity index (χ3v) is 10.1. The average Bonchev–Trinajstić information content (AvgIpc) is 3.67. The lowest BCUT2D eigenvalue weighted by atomic mass is 10.0. The number of thiophene rings is 2. The van der Waals surface area contributed by atoms with E-state index in [2.05, 4.69) is 113 Å². The lowest BCUT2D eigenvalue weighted by molar-refractivity contribution is 1.19. The van der Waals surface area contributed by atoms with E-state index in [4.69, 9.17) is 4.98 Å². The third-order valence-electron chi connectivity index (χ3n) is 7.76. The molecule has 0 amide bonds. The van der Waals surface area contributed by atoms with Gasteiger partial charge in [-0.05, 0) is 35.4 Å². The van der Waals surface area contributed by atoms with Crippen molar-refractivity contribution in [3.8, 4) is 16.8 Å². The number of hydrogen-bond donors (Lipinski definition) is 0. The third kappa shape index (κ3) is 2.91. The van der Waals surface area contributed by atoms with E-state index in [1.54, 1.807) is 17.7 Å². The molecule has 0 aliphatic heterocycles. The van der Waals surface area contributed by atoms with E-state index in [1.807, 2.05) is 17.5 Å². The van der Waals surface area contributed by atoms with Crippen LogP contribution >= 0.6 is 22.7 Å². The highest BCUT2D eigenvalue weighted by Gasteiger charge is 2.24. The molecule has 4 heterocycles. The van der Waals surface area contributed by atoms with Crippen molar-refractivity contribution in [1.82, 2.24) is 14.5 Å². The van der Waals surface area contributed by atoms with Gasteiger partial charge in [-0.3, -0.25) is 0 Å². The number of rotatable bonds is 2. The largest absolute Gasteiger partial charge is 0.309 e. The second-order valence-electron chi connectivity index (χ2n) is 9.84. The molecule has 0 N–H and O–H groups in total. The fraction of sp³-hybridized carbons (Fsp3) is 0. The summed E-state index contributed by atoms with van der Waals surface area (Å²) in [5.74, 6) is 0. The molecule has 0 spiro atoms. The van der Waals surface area contributed by atoms with Crippen LogP contribution in [0.3, 0.4) is 0 Å². The summed E-state index contributed by atoms with van der Waals surface area (Å²) < 4.78 is 6.39. The molecule has 3 nitrogen and oxygen atoms in total. The van der Waals surface area contributed by atoms with Crippen molar-refractivity contribution in [2.24, 2.45) is 0 Å². The summed E-state index contributed by atoms with van der Waals surface area (Å²) in [6.45, 7) is 0. The van der Waals surface area contributed by atoms with Crippen LogP contribution in [0.5, 0.6) is 0 Å². The van der Waals surface area contributed by atoms with Gasteiger partial charge in [0.05, 0.1) is 11.0 Å². The molecular weight excluding hydrogens is 515 g/mol. The van der Waals surface area contributed by atoms with Crippen LogP contribution in [-0.2, 0) is 0 Å². The molecule has 0 fully saturated rings. The van der Waals surface area contributed by atoms with Gasteiger partial charge in [0.15, 0.2) is 0 Å². The highest BCUT2D eigenvalue weighted by Crippen LogP contribution is 2.51. The van der Waals surface area contributed by atoms with Crippen molar-refractivity contribution in [3.05, 3.63) is 116 Å². The highest BCUT2D eigenvalue weighted by atomic mass is 32.1. The lowest BCUT2D eigenvalue weighted by Gasteiger charge is -2.11. The molecule has 9 aromatic rings. The van der Waals surface area contributed by atoms with E-state index in [1.165, 1.54) is 63.2 Å². The normalized spacial score (nSPS) is 12.1. The van der Waals surface area contributed by atoms with E-state index < -0.39 is 0 Å². The van der Waals surface area contributed by atoms with Crippen molar-refractivity contribution in [3.63, 3.8) is 0 Å². The van der Waals surface area contributed by atoms with Gasteiger partial charge in [0.25, 0.3) is 0 Å². The van der Waals surface area contributed by atoms with Gasteiger partial charge in [0.2, 0.25) is 0 Å². The maximum absolute atomic E-state index is 4.70. The van der Waals surface area contributed by atoms with Gasteiger partial charge in [-0.15, -0.1) is 22.7 Å². The van der Waals surface area contributed by atoms with Crippen LogP contribution in [0.1, 0.15) is 0 Å². The predicted molar refractivity (Wildman–Crippen MR) is 168 cm³/mol. The fourth-order valence-electron chi connectivity index (χ4n) is 6.11. The molecule has 0 saturated heterocycles. The molecule has 5 heteroatoms. The molecule has 39 heavy (non-hydrogen) atoms. The van der Waals surface area contributed by atoms with E-state index in [0.717, 1.165) is 15.9 Å². The Labute approximate surface area is 231 Å². The lowest BCUT2D eigenvalue weighted by Crippen LogP contribution is -1.94. The molecule has 0 atom stereocenters. The predicted octanol–water partition coefficient (Wildman–Crippen LogP) is 9.98. The Balaban J connectivity index is 1.50. The zero-order valence-electron chi connectivity index (χ0n) is 20.6. The first kappa shape index (κ1) is 21.4. The first-order valence-electron chi connectivity index (χ1n) is 12.9. The molecule has 0 saturated carbocycles. The summed E-state index contributed by atoms with van der Waals surface area (Å²) in [5.41, 5.74) is 6.04. The summed E-state index contributed by atoms with van der Waals surface area (Å²) in [6.07, 6.45) is 3.65. The molecule has 4 aromatic heterocycles. The zero-order chi connectivity index (χ0) is 25.5. The van der Waals surface area contributed by atoms with Crippen LogP contribution in [0.25, 0.3) is 79.1 Å². The average molecular weight is 534 g/mol. The quantitative estimate of drug-likeness (QED) is 0.221. The van der Waals surface area contributed by atoms with Gasteiger partial charge in [-0.25, -0.2) is 9.97 Å². The second-order valence-corrected chi connectivity index (χ2v) is 11.9. The maximum atomic E-state index is 4.70. The van der Waals surface area contributed by atoms with E-state index >= 15 is 0 Å². The first-order valence-corrected chi connectivity index (χ1v) is 14.5. The minimum absolute atomic E-state index is 1.03. The molecule has 0 unspecified atom stereocenters. The van der Waals surface area contributed by atoms with Crippen LogP contribution in [0.15, 0.2) is 116 Å². The number of fused-ring (bicyclic) bond motifs is 12. The van der Waals surface area contributed by atoms with Crippen LogP contribution in [0, 0.1) is 0 Å². The van der Waals surface area contributed by atoms with Crippen molar-refractivity contribution in [2.45, 2.75) is 0 Å². The Bertz CT molecular complexity index is 2350. The van der Waals surface area contributed by atoms with Crippen LogP contribution in [0.4, 0.5) is 0 Å². The Morgan fingerprint density at radius 1 is 0.564 bits per heavy atom. The van der Waals surface area contributed by atoms with E-state index in [-0.39, 0.29) is 0 Å². The van der Waals surface area contributed by atoms with Crippen molar-refractivity contribution in [1.29, 1.82) is 0 Å². The monoisotopic (exact) mass is 533 g/mol. The number of para-hydroxylation sites is 1. The van der Waals surface area contributed by atoms with Crippen LogP contribution < -0.4 is 0 Å². The van der Waals surface area contributed by atoms with E-state index in [9.17, 15) is 0 Å². The van der Waals surface area contributed by atoms with Gasteiger partial charge in [0, 0.05) is 58.3 Å². The van der Waals surface area contributed by atoms with Crippen molar-refractivity contribution < 1.29 is 0 Å². The summed E-state index contributed by atoms with van der Waals surface area (Å²) in [4.78, 5) is 10.2. The molecule has 0 aliphatic rings. The SMILES string of the molecule is c1ccc(-c2ccc(-n3c4ccccc4c4c5sc6ccccc6c5c5sc6ncncc6c5c43)cc2)cc1. The van der Waals surface area contributed by atoms with Crippen LogP contribution in [-0.4, -0.2) is 14.5 Å². The zero-order valence-corrected chi connectivity index (χ0v) is 22.3. The summed E-state index contributed by atoms with van der Waals surface area (Å²) in [5, 5.41) is 7.59. The smallest absolute Gasteiger partial charge is 0.127 e. The topological polar surface area (TPSA) is 30.7 Å². The second kappa shape index (κ2) is 7.96. The molecule has 0 aliphatic carbocycles. The fourth-order valence-corrected chi connectivity index (χ4v) is 8.62. The Kier molecular flexibility index (Phi) is 4.36. The Morgan fingerprint density at radius 3 is 2.13 bits per heavy atom. The summed E-state index contributed by atoms with van der Waals surface area (Å²) in [6, 6.07) is 37.1. The summed E-state index contributed by atoms with van der Waals surface area (Å²) >= 11 is 3.68. The molecule has 0 bridgehead atoms. The van der Waals surface area contributed by atoms with Gasteiger partial charge < -0.3 is 4.57 Å². The highest BCUT2D eigenvalue weighted by molar-refractivity contribution is 7.30. The number of nitrogens with zero attached hydrogens (tertiary/aromatic N) is 3. The van der Waals surface area contributed by atoms with Gasteiger partial charge in [-0.2, -0.15) is 0 Å². The standard InChI is InChI=1S/C34H19N3S2/c1-2-8-20(9-3-1)21-14-16-22(17-15-21)37-26-12-6-4-10-23(26)28-31(37)29-25-18-35-19-36-34(25)39-33(29)30-24-11-5-7-13-27(24)38-32(28)30/h1-19H. The van der Waals surface area contributed by atoms with Crippen molar-refractivity contribution >= 4 is 85.0 Å². The van der Waals surface area contributed by atoms with Gasteiger partial charge in [-0.1, -0.05) is 78.9 Å². The first-order chi connectivity index (χ1) is 19.4. The van der Waals surface area contributed by atoms with Gasteiger partial charge >= 0.3 is 0 Å². The number of aromatic nitrogens is 3. The Morgan fingerprint density at radius 2 is 1.26 bits per heavy atom. The van der Waals surface area contributed by atoms with E-state index in [0.29, 0.717) is 0 Å². The molecule has 0 radical (unpaired) electrons. The molecular formula is C34H19N3S2. The molecule has 9 rings (SSSR count). The van der Waals surface area contributed by atoms with Crippen LogP contribution in [0.2, 0.25) is 0 Å². The maximum Gasteiger partial charge on any atom is 0.127 e. The van der Waals surface area contributed by atoms with Crippen molar-refractivity contribution in [2.75, 3.05) is 0 Å². The molecule has 5 aromatic carbocycles. The Hall–Kier alpha value is -4.58. The minimum atomic E-state index is 1.03.